The Labute approximate surface area is 122 Å². The molecule has 2 atom stereocenters. The number of rotatable bonds is 5. The van der Waals surface area contributed by atoms with Crippen LogP contribution in [0, 0.1) is 0 Å². The molecule has 1 heterocycles. The summed E-state index contributed by atoms with van der Waals surface area (Å²) < 4.78 is 5.37. The summed E-state index contributed by atoms with van der Waals surface area (Å²) in [6.45, 7) is 6.48. The van der Waals surface area contributed by atoms with E-state index in [9.17, 15) is 0 Å². The van der Waals surface area contributed by atoms with Gasteiger partial charge in [-0.3, -0.25) is 4.90 Å². The molecule has 0 saturated carbocycles. The van der Waals surface area contributed by atoms with Gasteiger partial charge in [0.15, 0.2) is 0 Å². The highest BCUT2D eigenvalue weighted by Crippen LogP contribution is 2.26. The van der Waals surface area contributed by atoms with E-state index in [1.165, 1.54) is 5.56 Å². The van der Waals surface area contributed by atoms with Crippen molar-refractivity contribution < 1.29 is 4.74 Å². The molecule has 20 heavy (non-hydrogen) atoms. The van der Waals surface area contributed by atoms with E-state index in [1.807, 2.05) is 6.07 Å². The smallest absolute Gasteiger partial charge is 0.119 e. The molecular formula is C16H27N3O. The van der Waals surface area contributed by atoms with Gasteiger partial charge in [0.25, 0.3) is 0 Å². The molecule has 0 aliphatic carbocycles. The van der Waals surface area contributed by atoms with Crippen LogP contribution in [0.3, 0.4) is 0 Å². The van der Waals surface area contributed by atoms with Crippen LogP contribution in [0.4, 0.5) is 0 Å². The Morgan fingerprint density at radius 1 is 1.35 bits per heavy atom. The van der Waals surface area contributed by atoms with Crippen LogP contribution in [0.25, 0.3) is 0 Å². The minimum Gasteiger partial charge on any atom is -0.497 e. The van der Waals surface area contributed by atoms with Gasteiger partial charge in [-0.1, -0.05) is 19.1 Å². The molecule has 2 rings (SSSR count). The van der Waals surface area contributed by atoms with Gasteiger partial charge in [0.2, 0.25) is 0 Å². The van der Waals surface area contributed by atoms with Gasteiger partial charge in [0.1, 0.15) is 5.75 Å². The summed E-state index contributed by atoms with van der Waals surface area (Å²) in [6, 6.07) is 9.24. The normalized spacial score (nSPS) is 22.7. The largest absolute Gasteiger partial charge is 0.497 e. The summed E-state index contributed by atoms with van der Waals surface area (Å²) in [6.07, 6.45) is 0. The molecule has 0 amide bonds. The van der Waals surface area contributed by atoms with Crippen LogP contribution in [0.15, 0.2) is 24.3 Å². The summed E-state index contributed by atoms with van der Waals surface area (Å²) in [5.41, 5.74) is 1.30. The first-order valence-corrected chi connectivity index (χ1v) is 7.41. The quantitative estimate of drug-likeness (QED) is 0.884. The highest BCUT2D eigenvalue weighted by molar-refractivity contribution is 5.31. The fourth-order valence-corrected chi connectivity index (χ4v) is 2.94. The molecule has 1 aliphatic heterocycles. The molecule has 1 saturated heterocycles. The molecule has 1 aliphatic rings. The number of ether oxygens (including phenoxy) is 1. The first-order chi connectivity index (χ1) is 9.65. The molecule has 1 fully saturated rings. The van der Waals surface area contributed by atoms with Gasteiger partial charge in [-0.2, -0.15) is 0 Å². The summed E-state index contributed by atoms with van der Waals surface area (Å²) in [4.78, 5) is 4.88. The summed E-state index contributed by atoms with van der Waals surface area (Å²) in [5, 5.41) is 3.65. The Morgan fingerprint density at radius 3 is 2.85 bits per heavy atom. The zero-order valence-corrected chi connectivity index (χ0v) is 13.1. The molecule has 4 nitrogen and oxygen atoms in total. The lowest BCUT2D eigenvalue weighted by molar-refractivity contribution is 0.0880. The van der Waals surface area contributed by atoms with Crippen LogP contribution in [0.1, 0.15) is 18.5 Å². The summed E-state index contributed by atoms with van der Waals surface area (Å²) in [5.74, 6) is 0.928. The van der Waals surface area contributed by atoms with Gasteiger partial charge >= 0.3 is 0 Å². The van der Waals surface area contributed by atoms with Gasteiger partial charge in [-0.25, -0.2) is 0 Å². The fraction of sp³-hybridized carbons (Fsp3) is 0.625. The van der Waals surface area contributed by atoms with Gasteiger partial charge < -0.3 is 15.0 Å². The number of benzene rings is 1. The minimum absolute atomic E-state index is 0.336. The zero-order chi connectivity index (χ0) is 14.5. The van der Waals surface area contributed by atoms with Crippen molar-refractivity contribution in [2.75, 3.05) is 47.4 Å². The molecular weight excluding hydrogens is 250 g/mol. The Morgan fingerprint density at radius 2 is 2.15 bits per heavy atom. The molecule has 0 bridgehead atoms. The maximum Gasteiger partial charge on any atom is 0.119 e. The molecule has 4 heteroatoms. The predicted octanol–water partition coefficient (Wildman–Crippen LogP) is 1.59. The van der Waals surface area contributed by atoms with Crippen molar-refractivity contribution in [3.63, 3.8) is 0 Å². The van der Waals surface area contributed by atoms with E-state index in [1.54, 1.807) is 7.11 Å². The number of piperazine rings is 1. The Bertz CT molecular complexity index is 424. The monoisotopic (exact) mass is 277 g/mol. The van der Waals surface area contributed by atoms with Crippen LogP contribution >= 0.6 is 0 Å². The van der Waals surface area contributed by atoms with Crippen molar-refractivity contribution >= 4 is 0 Å². The second-order valence-electron chi connectivity index (χ2n) is 5.62. The third kappa shape index (κ3) is 3.51. The Balaban J connectivity index is 2.24. The average molecular weight is 277 g/mol. The van der Waals surface area contributed by atoms with Crippen molar-refractivity contribution in [3.05, 3.63) is 29.8 Å². The third-order valence-electron chi connectivity index (χ3n) is 4.16. The van der Waals surface area contributed by atoms with E-state index >= 15 is 0 Å². The number of hydrogen-bond acceptors (Lipinski definition) is 4. The number of nitrogens with one attached hydrogen (secondary N) is 1. The lowest BCUT2D eigenvalue weighted by atomic mass is 9.96. The lowest BCUT2D eigenvalue weighted by Gasteiger charge is -2.42. The number of nitrogens with zero attached hydrogens (tertiary/aromatic N) is 2. The molecule has 0 radical (unpaired) electrons. The van der Waals surface area contributed by atoms with Crippen LogP contribution in [-0.4, -0.2) is 63.2 Å². The third-order valence-corrected chi connectivity index (χ3v) is 4.16. The second-order valence-corrected chi connectivity index (χ2v) is 5.62. The molecule has 112 valence electrons. The molecule has 0 spiro atoms. The predicted molar refractivity (Wildman–Crippen MR) is 83.3 cm³/mol. The first kappa shape index (κ1) is 15.3. The number of hydrogen-bond donors (Lipinski definition) is 1. The fourth-order valence-electron chi connectivity index (χ4n) is 2.94. The zero-order valence-electron chi connectivity index (χ0n) is 13.1. The van der Waals surface area contributed by atoms with E-state index in [2.05, 4.69) is 54.3 Å². The topological polar surface area (TPSA) is 27.7 Å². The molecule has 2 unspecified atom stereocenters. The molecule has 0 aromatic heterocycles. The van der Waals surface area contributed by atoms with E-state index in [0.29, 0.717) is 12.1 Å². The number of likely N-dealkylation sites (N-methyl/N-ethyl adjacent to an activating group) is 3. The average Bonchev–Trinajstić information content (AvgIpc) is 2.47. The minimum atomic E-state index is 0.336. The van der Waals surface area contributed by atoms with Gasteiger partial charge in [0.05, 0.1) is 7.11 Å². The number of methoxy groups -OCH3 is 1. The van der Waals surface area contributed by atoms with E-state index in [0.717, 1.165) is 31.9 Å². The van der Waals surface area contributed by atoms with Gasteiger partial charge in [-0.05, 0) is 38.3 Å². The van der Waals surface area contributed by atoms with E-state index < -0.39 is 0 Å². The van der Waals surface area contributed by atoms with Crippen LogP contribution in [-0.2, 0) is 0 Å². The van der Waals surface area contributed by atoms with Crippen LogP contribution in [0.5, 0.6) is 5.75 Å². The summed E-state index contributed by atoms with van der Waals surface area (Å²) in [7, 11) is 6.15. The van der Waals surface area contributed by atoms with Crippen LogP contribution < -0.4 is 10.1 Å². The van der Waals surface area contributed by atoms with E-state index in [-0.39, 0.29) is 0 Å². The molecule has 1 aromatic carbocycles. The highest BCUT2D eigenvalue weighted by atomic mass is 16.5. The van der Waals surface area contributed by atoms with Crippen molar-refractivity contribution in [2.45, 2.75) is 19.0 Å². The van der Waals surface area contributed by atoms with Crippen molar-refractivity contribution in [1.82, 2.24) is 15.1 Å². The first-order valence-electron chi connectivity index (χ1n) is 7.41. The maximum absolute atomic E-state index is 5.37. The van der Waals surface area contributed by atoms with E-state index in [4.69, 9.17) is 4.74 Å². The van der Waals surface area contributed by atoms with Crippen molar-refractivity contribution in [3.8, 4) is 5.75 Å². The maximum atomic E-state index is 5.37. The van der Waals surface area contributed by atoms with Crippen molar-refractivity contribution in [1.29, 1.82) is 0 Å². The molecule has 1 aromatic rings. The second kappa shape index (κ2) is 7.07. The van der Waals surface area contributed by atoms with Crippen molar-refractivity contribution in [2.24, 2.45) is 0 Å². The SMILES string of the molecule is CCNC(c1cccc(OC)c1)C1CN(C)CCN1C. The lowest BCUT2D eigenvalue weighted by Crippen LogP contribution is -2.55. The van der Waals surface area contributed by atoms with Gasteiger partial charge in [0, 0.05) is 31.7 Å². The van der Waals surface area contributed by atoms with Gasteiger partial charge in [-0.15, -0.1) is 0 Å². The standard InChI is InChI=1S/C16H27N3O/c1-5-17-16(13-7-6-8-14(11-13)20-4)15-12-18(2)9-10-19(15)3/h6-8,11,15-17H,5,9-10,12H2,1-4H3. The molecule has 1 N–H and O–H groups in total. The van der Waals surface area contributed by atoms with Crippen LogP contribution in [0.2, 0.25) is 0 Å². The highest BCUT2D eigenvalue weighted by Gasteiger charge is 2.30. The summed E-state index contributed by atoms with van der Waals surface area (Å²) >= 11 is 0. The Hall–Kier alpha value is -1.10. The Kier molecular flexibility index (Phi) is 5.40.